The number of allylic oxidation sites excluding steroid dienone is 2. The Morgan fingerprint density at radius 1 is 0.618 bits per heavy atom. The molecule has 0 spiro atoms. The number of hydrogen-bond donors (Lipinski definition) is 0. The van der Waals surface area contributed by atoms with Crippen molar-refractivity contribution in [3.8, 4) is 0 Å². The molecule has 350 valence electrons. The van der Waals surface area contributed by atoms with Gasteiger partial charge in [0, 0.05) is 16.8 Å². The molecule has 13 rings (SSSR count). The van der Waals surface area contributed by atoms with E-state index >= 15 is 0 Å². The van der Waals surface area contributed by atoms with Gasteiger partial charge in [-0.05, 0) is 283 Å². The Morgan fingerprint density at radius 2 is 1.41 bits per heavy atom. The number of aromatic nitrogens is 1. The Morgan fingerprint density at radius 3 is 2.18 bits per heavy atom. The molecule has 7 unspecified atom stereocenters. The predicted molar refractivity (Wildman–Crippen MR) is 292 cm³/mol. The minimum absolute atomic E-state index is 0.413. The van der Waals surface area contributed by atoms with Crippen LogP contribution >= 0.6 is 0 Å². The molecule has 6 aromatic carbocycles. The third-order valence-electron chi connectivity index (χ3n) is 20.2. The van der Waals surface area contributed by atoms with Gasteiger partial charge in [-0.2, -0.15) is 0 Å². The first kappa shape index (κ1) is 43.5. The lowest BCUT2D eigenvalue weighted by Gasteiger charge is -2.45. The van der Waals surface area contributed by atoms with Crippen LogP contribution in [0.3, 0.4) is 0 Å². The van der Waals surface area contributed by atoms with Crippen molar-refractivity contribution in [2.24, 2.45) is 29.6 Å². The molecule has 0 saturated carbocycles. The van der Waals surface area contributed by atoms with Gasteiger partial charge in [-0.1, -0.05) is 105 Å². The van der Waals surface area contributed by atoms with Crippen LogP contribution in [0, 0.1) is 43.4 Å². The molecule has 0 saturated heterocycles. The Labute approximate surface area is 408 Å². The van der Waals surface area contributed by atoms with E-state index in [1.807, 2.05) is 11.1 Å². The number of rotatable bonds is 9. The quantitative estimate of drug-likeness (QED) is 0.104. The molecule has 0 aliphatic heterocycles. The van der Waals surface area contributed by atoms with E-state index in [9.17, 15) is 0 Å². The maximum absolute atomic E-state index is 5.53. The molecule has 6 aliphatic carbocycles. The van der Waals surface area contributed by atoms with Gasteiger partial charge in [0.05, 0.1) is 0 Å². The Balaban J connectivity index is 0.901. The normalized spacial score (nSPS) is 24.5. The molecule has 1 heterocycles. The van der Waals surface area contributed by atoms with E-state index in [1.165, 1.54) is 114 Å². The van der Waals surface area contributed by atoms with Crippen molar-refractivity contribution in [3.63, 3.8) is 0 Å². The lowest BCUT2D eigenvalue weighted by molar-refractivity contribution is 0.300. The maximum Gasteiger partial charge on any atom is 0.0491 e. The number of hydrogen-bond acceptors (Lipinski definition) is 1. The van der Waals surface area contributed by atoms with Crippen LogP contribution in [0.2, 0.25) is 0 Å². The fourth-order valence-electron chi connectivity index (χ4n) is 16.7. The number of aryl methyl sites for hydroxylation is 4. The van der Waals surface area contributed by atoms with Crippen molar-refractivity contribution >= 4 is 59.4 Å². The van der Waals surface area contributed by atoms with E-state index < -0.39 is 0 Å². The lowest BCUT2D eigenvalue weighted by atomic mass is 9.58. The molecule has 1 heteroatoms. The van der Waals surface area contributed by atoms with Gasteiger partial charge in [-0.25, -0.2) is 0 Å². The molecule has 0 N–H and O–H groups in total. The van der Waals surface area contributed by atoms with Gasteiger partial charge in [0.1, 0.15) is 0 Å². The highest BCUT2D eigenvalue weighted by Gasteiger charge is 2.45. The van der Waals surface area contributed by atoms with E-state index in [0.717, 1.165) is 18.8 Å². The first-order valence-electron chi connectivity index (χ1n) is 27.9. The van der Waals surface area contributed by atoms with Gasteiger partial charge in [-0.3, -0.25) is 4.98 Å². The zero-order valence-corrected chi connectivity index (χ0v) is 43.7. The highest BCUT2D eigenvalue weighted by atomic mass is 14.7. The molecule has 0 fully saturated rings. The van der Waals surface area contributed by atoms with Crippen LogP contribution in [-0.2, 0) is 38.5 Å². The van der Waals surface area contributed by atoms with Crippen LogP contribution in [0.4, 0.5) is 0 Å². The SMILES string of the molecule is CCc1ccc2c(cc(C(C)C)c3c4c5c(cc32)CC(C)C2CCC(CCCCc3c(C)c6c7cc(C(C)C)nc8c7c7c9c6c6c(cc(C(C)C)cc36)CC9C(C)CC7C(C)C8)C(=C52)C4)c1C. The second-order valence-electron chi connectivity index (χ2n) is 25.0. The van der Waals surface area contributed by atoms with Gasteiger partial charge in [0.25, 0.3) is 0 Å². The first-order valence-corrected chi connectivity index (χ1v) is 27.9. The van der Waals surface area contributed by atoms with Gasteiger partial charge in [0.2, 0.25) is 0 Å². The number of benzene rings is 6. The number of unbranched alkanes of at least 4 members (excludes halogenated alkanes) is 1. The zero-order chi connectivity index (χ0) is 46.9. The van der Waals surface area contributed by atoms with Crippen molar-refractivity contribution < 1.29 is 0 Å². The zero-order valence-electron chi connectivity index (χ0n) is 43.7. The monoisotopic (exact) mass is 896 g/mol. The van der Waals surface area contributed by atoms with Crippen molar-refractivity contribution in [1.29, 1.82) is 0 Å². The van der Waals surface area contributed by atoms with E-state index in [0.29, 0.717) is 53.3 Å². The lowest BCUT2D eigenvalue weighted by Crippen LogP contribution is -2.32. The maximum atomic E-state index is 5.53. The molecule has 0 bridgehead atoms. The first-order chi connectivity index (χ1) is 32.7. The van der Waals surface area contributed by atoms with Crippen molar-refractivity contribution in [2.45, 2.75) is 190 Å². The van der Waals surface area contributed by atoms with Gasteiger partial charge in [-0.15, -0.1) is 0 Å². The van der Waals surface area contributed by atoms with Gasteiger partial charge in [0.15, 0.2) is 0 Å². The third-order valence-corrected chi connectivity index (χ3v) is 20.2. The summed E-state index contributed by atoms with van der Waals surface area (Å²) in [4.78, 5) is 5.53. The molecule has 6 aliphatic rings. The number of pyridine rings is 1. The number of fused-ring (bicyclic) bond motifs is 5. The standard InChI is InChI=1S/C67H77N/c1-13-40-18-21-47-51(38(40)11)29-48(33(4)5)62-54(47)28-43-22-35(8)45-20-19-41(52-30-55(62)61(43)63(45)52)16-14-15-17-46-39(12)59-56-31-57(34(6)7)68-58-24-37(10)49-23-36(9)50-27-44-25-42(32(2)3)26-53(46)60(44)67(59)66(50)65(49)64(56)58/h18,21,25-26,28-29,31-37,41,45,49-50H,13-17,19-20,22-24,27,30H2,1-12H3. The molecule has 0 amide bonds. The predicted octanol–water partition coefficient (Wildman–Crippen LogP) is 18.3. The molecular weight excluding hydrogens is 819 g/mol. The summed E-state index contributed by atoms with van der Waals surface area (Å²) < 4.78 is 0. The highest BCUT2D eigenvalue weighted by molar-refractivity contribution is 6.24. The Bertz CT molecular complexity index is 3380. The smallest absolute Gasteiger partial charge is 0.0491 e. The van der Waals surface area contributed by atoms with E-state index in [4.69, 9.17) is 4.98 Å². The number of nitrogens with zero attached hydrogens (tertiary/aromatic N) is 1. The average Bonchev–Trinajstić information content (AvgIpc) is 3.72. The Kier molecular flexibility index (Phi) is 9.92. The summed E-state index contributed by atoms with van der Waals surface area (Å²) in [6.45, 7) is 29.4. The second kappa shape index (κ2) is 15.5. The molecule has 7 atom stereocenters. The summed E-state index contributed by atoms with van der Waals surface area (Å²) in [6, 6.07) is 18.1. The van der Waals surface area contributed by atoms with Crippen LogP contribution in [0.15, 0.2) is 48.0 Å². The van der Waals surface area contributed by atoms with E-state index in [-0.39, 0.29) is 0 Å². The summed E-state index contributed by atoms with van der Waals surface area (Å²) >= 11 is 0. The van der Waals surface area contributed by atoms with Crippen molar-refractivity contribution in [1.82, 2.24) is 4.98 Å². The summed E-state index contributed by atoms with van der Waals surface area (Å²) in [5, 5.41) is 15.7. The van der Waals surface area contributed by atoms with Crippen LogP contribution in [0.5, 0.6) is 0 Å². The largest absolute Gasteiger partial charge is 0.257 e. The minimum atomic E-state index is 0.413. The van der Waals surface area contributed by atoms with Crippen LogP contribution in [0.25, 0.3) is 59.4 Å². The average molecular weight is 896 g/mol. The third kappa shape index (κ3) is 5.95. The van der Waals surface area contributed by atoms with Crippen LogP contribution < -0.4 is 0 Å². The summed E-state index contributed by atoms with van der Waals surface area (Å²) in [6.07, 6.45) is 15.0. The van der Waals surface area contributed by atoms with Crippen molar-refractivity contribution in [3.05, 3.63) is 126 Å². The van der Waals surface area contributed by atoms with Crippen LogP contribution in [0.1, 0.15) is 216 Å². The molecule has 0 radical (unpaired) electrons. The minimum Gasteiger partial charge on any atom is -0.257 e. The van der Waals surface area contributed by atoms with E-state index in [1.54, 1.807) is 82.4 Å². The molecule has 7 aromatic rings. The molecular formula is C67H77N. The summed E-state index contributed by atoms with van der Waals surface area (Å²) in [7, 11) is 0. The second-order valence-corrected chi connectivity index (χ2v) is 25.0. The fraction of sp³-hybridized carbons (Fsp3) is 0.507. The van der Waals surface area contributed by atoms with Gasteiger partial charge < -0.3 is 0 Å². The molecule has 1 aromatic heterocycles. The molecule has 1 nitrogen and oxygen atoms in total. The van der Waals surface area contributed by atoms with Crippen LogP contribution in [-0.4, -0.2) is 4.98 Å². The van der Waals surface area contributed by atoms with Gasteiger partial charge >= 0.3 is 0 Å². The summed E-state index contributed by atoms with van der Waals surface area (Å²) in [5.41, 5.74) is 25.9. The topological polar surface area (TPSA) is 12.9 Å². The van der Waals surface area contributed by atoms with Crippen molar-refractivity contribution in [2.75, 3.05) is 0 Å². The summed E-state index contributed by atoms with van der Waals surface area (Å²) in [5.74, 6) is 6.15. The highest BCUT2D eigenvalue weighted by Crippen LogP contribution is 2.61. The Hall–Kier alpha value is -4.49. The fourth-order valence-corrected chi connectivity index (χ4v) is 16.7. The van der Waals surface area contributed by atoms with E-state index in [2.05, 4.69) is 126 Å². The molecule has 68 heavy (non-hydrogen) atoms.